The Labute approximate surface area is 182 Å². The number of carboxylic acid groups (broad SMARTS) is 1. The predicted octanol–water partition coefficient (Wildman–Crippen LogP) is 2.79. The maximum absolute atomic E-state index is 12.1. The van der Waals surface area contributed by atoms with Gasteiger partial charge in [-0.1, -0.05) is 36.4 Å². The molecule has 0 fully saturated rings. The van der Waals surface area contributed by atoms with Crippen molar-refractivity contribution in [1.29, 1.82) is 0 Å². The largest absolute Gasteiger partial charge is 0.478 e. The van der Waals surface area contributed by atoms with Gasteiger partial charge < -0.3 is 24.4 Å². The Hall–Kier alpha value is -2.97. The van der Waals surface area contributed by atoms with Crippen LogP contribution >= 0.6 is 0 Å². The maximum Gasteiger partial charge on any atom is 0.330 e. The molecule has 2 N–H and O–H groups in total. The van der Waals surface area contributed by atoms with Gasteiger partial charge in [-0.25, -0.2) is 9.59 Å². The normalized spacial score (nSPS) is 15.4. The van der Waals surface area contributed by atoms with Crippen molar-refractivity contribution >= 4 is 17.9 Å². The Balaban J connectivity index is 2.56. The Morgan fingerprint density at radius 3 is 2.32 bits per heavy atom. The minimum absolute atomic E-state index is 0.0954. The molecule has 31 heavy (non-hydrogen) atoms. The molecular formula is C23H30O8. The van der Waals surface area contributed by atoms with Crippen molar-refractivity contribution in [3.63, 3.8) is 0 Å². The van der Waals surface area contributed by atoms with Gasteiger partial charge in [0.15, 0.2) is 0 Å². The summed E-state index contributed by atoms with van der Waals surface area (Å²) in [6, 6.07) is 9.32. The van der Waals surface area contributed by atoms with E-state index in [2.05, 4.69) is 0 Å². The zero-order valence-electron chi connectivity index (χ0n) is 18.0. The molecule has 8 heteroatoms. The summed E-state index contributed by atoms with van der Waals surface area (Å²) in [6.45, 7) is 4.99. The molecule has 0 bridgehead atoms. The van der Waals surface area contributed by atoms with Crippen LogP contribution in [-0.2, 0) is 35.2 Å². The van der Waals surface area contributed by atoms with Crippen LogP contribution in [-0.4, -0.2) is 52.5 Å². The first-order chi connectivity index (χ1) is 14.7. The molecular weight excluding hydrogens is 404 g/mol. The Morgan fingerprint density at radius 2 is 1.71 bits per heavy atom. The molecule has 0 amide bonds. The van der Waals surface area contributed by atoms with Crippen molar-refractivity contribution in [2.24, 2.45) is 0 Å². The molecule has 1 aromatic rings. The fourth-order valence-electron chi connectivity index (χ4n) is 2.50. The highest BCUT2D eigenvalue weighted by molar-refractivity contribution is 5.82. The van der Waals surface area contributed by atoms with Crippen LogP contribution in [0, 0.1) is 0 Å². The second-order valence-corrected chi connectivity index (χ2v) is 7.09. The fraction of sp³-hybridized carbons (Fsp3) is 0.435. The summed E-state index contributed by atoms with van der Waals surface area (Å²) in [7, 11) is 0. The number of carboxylic acids is 1. The van der Waals surface area contributed by atoms with E-state index in [1.54, 1.807) is 13.8 Å². The lowest BCUT2D eigenvalue weighted by molar-refractivity contribution is -0.150. The molecule has 0 saturated carbocycles. The number of benzene rings is 1. The van der Waals surface area contributed by atoms with Gasteiger partial charge in [-0.05, 0) is 32.4 Å². The number of ether oxygens (including phenoxy) is 3. The van der Waals surface area contributed by atoms with Crippen LogP contribution < -0.4 is 0 Å². The standard InChI is InChI=1S/C23H30O8/c1-16(24)14-23(28)30-17(2)8-7-11-22(27)31-18(3)20(12-13-21(25)26)29-15-19-9-5-4-6-10-19/h4-7,9-13,16-18,20,24H,8,14-15H2,1-3H3,(H,25,26)/b11-7+,13-12+/t16-,17+,18+,20-/m1/s1. The highest BCUT2D eigenvalue weighted by Gasteiger charge is 2.19. The van der Waals surface area contributed by atoms with Crippen molar-refractivity contribution in [3.05, 3.63) is 60.2 Å². The number of hydrogen-bond donors (Lipinski definition) is 2. The molecule has 0 aliphatic carbocycles. The molecule has 0 unspecified atom stereocenters. The first kappa shape index (κ1) is 26.1. The predicted molar refractivity (Wildman–Crippen MR) is 113 cm³/mol. The van der Waals surface area contributed by atoms with Gasteiger partial charge in [-0.15, -0.1) is 0 Å². The van der Waals surface area contributed by atoms with Crippen molar-refractivity contribution in [2.75, 3.05) is 0 Å². The molecule has 1 rings (SSSR count). The summed E-state index contributed by atoms with van der Waals surface area (Å²) in [5.74, 6) is -2.28. The van der Waals surface area contributed by atoms with E-state index in [4.69, 9.17) is 24.4 Å². The quantitative estimate of drug-likeness (QED) is 0.359. The monoisotopic (exact) mass is 434 g/mol. The number of rotatable bonds is 13. The highest BCUT2D eigenvalue weighted by atomic mass is 16.6. The lowest BCUT2D eigenvalue weighted by Gasteiger charge is -2.21. The zero-order valence-corrected chi connectivity index (χ0v) is 18.0. The van der Waals surface area contributed by atoms with E-state index in [1.807, 2.05) is 30.3 Å². The lowest BCUT2D eigenvalue weighted by Crippen LogP contribution is -2.29. The van der Waals surface area contributed by atoms with Crippen LogP contribution in [0.1, 0.15) is 39.2 Å². The third-order valence-electron chi connectivity index (χ3n) is 4.00. The topological polar surface area (TPSA) is 119 Å². The number of carbonyl (C=O) groups is 3. The summed E-state index contributed by atoms with van der Waals surface area (Å²) in [5.41, 5.74) is 0.897. The zero-order chi connectivity index (χ0) is 23.2. The Kier molecular flexibility index (Phi) is 11.9. The van der Waals surface area contributed by atoms with E-state index < -0.39 is 42.3 Å². The van der Waals surface area contributed by atoms with Gasteiger partial charge in [-0.3, -0.25) is 4.79 Å². The molecule has 0 radical (unpaired) electrons. The van der Waals surface area contributed by atoms with Gasteiger partial charge in [0, 0.05) is 18.6 Å². The van der Waals surface area contributed by atoms with E-state index in [0.717, 1.165) is 11.6 Å². The molecule has 0 aromatic heterocycles. The average molecular weight is 434 g/mol. The number of aliphatic carboxylic acids is 1. The SMILES string of the molecule is C[C@H](OC(=O)/C=C/C[C@H](C)OC(=O)C[C@@H](C)O)[C@@H](/C=C/C(=O)O)OCc1ccccc1. The third kappa shape index (κ3) is 12.3. The maximum atomic E-state index is 12.1. The van der Waals surface area contributed by atoms with Crippen LogP contribution in [0.3, 0.4) is 0 Å². The van der Waals surface area contributed by atoms with E-state index in [1.165, 1.54) is 25.2 Å². The van der Waals surface area contributed by atoms with E-state index in [9.17, 15) is 14.4 Å². The Bertz CT molecular complexity index is 754. The molecule has 8 nitrogen and oxygen atoms in total. The average Bonchev–Trinajstić information content (AvgIpc) is 2.67. The summed E-state index contributed by atoms with van der Waals surface area (Å²) in [4.78, 5) is 34.4. The summed E-state index contributed by atoms with van der Waals surface area (Å²) in [5, 5.41) is 18.0. The minimum atomic E-state index is -1.13. The van der Waals surface area contributed by atoms with Gasteiger partial charge in [0.05, 0.1) is 19.1 Å². The fourth-order valence-corrected chi connectivity index (χ4v) is 2.50. The van der Waals surface area contributed by atoms with Crippen LogP contribution in [0.25, 0.3) is 0 Å². The molecule has 4 atom stereocenters. The smallest absolute Gasteiger partial charge is 0.330 e. The van der Waals surface area contributed by atoms with Crippen LogP contribution in [0.5, 0.6) is 0 Å². The number of aliphatic hydroxyl groups excluding tert-OH is 1. The van der Waals surface area contributed by atoms with Gasteiger partial charge in [0.1, 0.15) is 18.3 Å². The molecule has 0 saturated heterocycles. The minimum Gasteiger partial charge on any atom is -0.478 e. The van der Waals surface area contributed by atoms with Gasteiger partial charge in [0.25, 0.3) is 0 Å². The van der Waals surface area contributed by atoms with E-state index >= 15 is 0 Å². The highest BCUT2D eigenvalue weighted by Crippen LogP contribution is 2.11. The van der Waals surface area contributed by atoms with Crippen LogP contribution in [0.4, 0.5) is 0 Å². The lowest BCUT2D eigenvalue weighted by atomic mass is 10.2. The molecule has 0 heterocycles. The van der Waals surface area contributed by atoms with E-state index in [0.29, 0.717) is 6.42 Å². The van der Waals surface area contributed by atoms with Crippen molar-refractivity contribution in [1.82, 2.24) is 0 Å². The number of hydrogen-bond acceptors (Lipinski definition) is 7. The summed E-state index contributed by atoms with van der Waals surface area (Å²) in [6.07, 6.45) is 2.46. The second-order valence-electron chi connectivity index (χ2n) is 7.09. The third-order valence-corrected chi connectivity index (χ3v) is 4.00. The van der Waals surface area contributed by atoms with Crippen molar-refractivity contribution < 1.29 is 38.8 Å². The molecule has 0 aliphatic rings. The van der Waals surface area contributed by atoms with E-state index in [-0.39, 0.29) is 13.0 Å². The molecule has 1 aromatic carbocycles. The number of esters is 2. The van der Waals surface area contributed by atoms with Crippen molar-refractivity contribution in [2.45, 2.75) is 64.6 Å². The van der Waals surface area contributed by atoms with Crippen LogP contribution in [0.2, 0.25) is 0 Å². The molecule has 170 valence electrons. The van der Waals surface area contributed by atoms with Gasteiger partial charge in [-0.2, -0.15) is 0 Å². The molecule has 0 aliphatic heterocycles. The summed E-state index contributed by atoms with van der Waals surface area (Å²) < 4.78 is 16.1. The summed E-state index contributed by atoms with van der Waals surface area (Å²) >= 11 is 0. The van der Waals surface area contributed by atoms with Gasteiger partial charge in [0.2, 0.25) is 0 Å². The van der Waals surface area contributed by atoms with Crippen molar-refractivity contribution in [3.8, 4) is 0 Å². The van der Waals surface area contributed by atoms with Gasteiger partial charge >= 0.3 is 17.9 Å². The number of aliphatic hydroxyl groups is 1. The molecule has 0 spiro atoms. The second kappa shape index (κ2) is 14.1. The number of carbonyl (C=O) groups excluding carboxylic acids is 2. The first-order valence-corrected chi connectivity index (χ1v) is 9.98. The first-order valence-electron chi connectivity index (χ1n) is 9.98. The Morgan fingerprint density at radius 1 is 1.03 bits per heavy atom. The van der Waals surface area contributed by atoms with Crippen LogP contribution in [0.15, 0.2) is 54.6 Å².